The van der Waals surface area contributed by atoms with E-state index in [-0.39, 0.29) is 0 Å². The van der Waals surface area contributed by atoms with Gasteiger partial charge in [-0.05, 0) is 42.7 Å². The molecule has 4 rings (SSSR count). The summed E-state index contributed by atoms with van der Waals surface area (Å²) in [5.41, 5.74) is 5.73. The lowest BCUT2D eigenvalue weighted by atomic mass is 9.93. The smallest absolute Gasteiger partial charge is 0.250 e. The van der Waals surface area contributed by atoms with Gasteiger partial charge in [-0.1, -0.05) is 12.2 Å². The van der Waals surface area contributed by atoms with Crippen LogP contribution in [0.25, 0.3) is 0 Å². The number of fused-ring (bicyclic) bond motifs is 2. The number of rotatable bonds is 4. The van der Waals surface area contributed by atoms with Crippen LogP contribution in [0.5, 0.6) is 0 Å². The fraction of sp³-hybridized carbons (Fsp3) is 0.556. The Morgan fingerprint density at radius 1 is 1.17 bits per heavy atom. The van der Waals surface area contributed by atoms with Crippen molar-refractivity contribution < 1.29 is 4.79 Å². The molecule has 1 saturated carbocycles. The van der Waals surface area contributed by atoms with Crippen molar-refractivity contribution in [3.63, 3.8) is 0 Å². The maximum atomic E-state index is 11.1. The van der Waals surface area contributed by atoms with E-state index in [0.29, 0.717) is 5.56 Å². The topological polar surface area (TPSA) is 62.5 Å². The molecule has 0 spiro atoms. The molecule has 3 aliphatic rings. The lowest BCUT2D eigenvalue weighted by Crippen LogP contribution is -2.48. The summed E-state index contributed by atoms with van der Waals surface area (Å²) in [6.45, 7) is 5.43. The molecule has 2 N–H and O–H groups in total. The predicted octanol–water partition coefficient (Wildman–Crippen LogP) is 1.51. The van der Waals surface area contributed by atoms with E-state index >= 15 is 0 Å². The maximum absolute atomic E-state index is 11.1. The van der Waals surface area contributed by atoms with Crippen LogP contribution in [0.2, 0.25) is 0 Å². The highest BCUT2D eigenvalue weighted by Crippen LogP contribution is 2.43. The fourth-order valence-corrected chi connectivity index (χ4v) is 4.31. The van der Waals surface area contributed by atoms with Gasteiger partial charge in [0.2, 0.25) is 5.91 Å². The van der Waals surface area contributed by atoms with Crippen molar-refractivity contribution in [2.24, 2.45) is 23.5 Å². The van der Waals surface area contributed by atoms with Crippen LogP contribution in [0.15, 0.2) is 30.5 Å². The van der Waals surface area contributed by atoms with Crippen molar-refractivity contribution in [3.05, 3.63) is 36.0 Å². The van der Waals surface area contributed by atoms with Gasteiger partial charge in [-0.2, -0.15) is 0 Å². The second-order valence-electron chi connectivity index (χ2n) is 7.10. The molecule has 1 amide bonds. The van der Waals surface area contributed by atoms with E-state index in [1.54, 1.807) is 12.3 Å². The predicted molar refractivity (Wildman–Crippen MR) is 90.3 cm³/mol. The third-order valence-electron chi connectivity index (χ3n) is 5.64. The van der Waals surface area contributed by atoms with Crippen LogP contribution in [-0.2, 0) is 0 Å². The van der Waals surface area contributed by atoms with E-state index in [9.17, 15) is 4.79 Å². The Morgan fingerprint density at radius 3 is 2.57 bits per heavy atom. The molecule has 1 saturated heterocycles. The Bertz CT molecular complexity index is 604. The summed E-state index contributed by atoms with van der Waals surface area (Å²) < 4.78 is 0. The van der Waals surface area contributed by atoms with Crippen molar-refractivity contribution in [1.82, 2.24) is 9.88 Å². The van der Waals surface area contributed by atoms with Crippen LogP contribution in [0.3, 0.4) is 0 Å². The summed E-state index contributed by atoms with van der Waals surface area (Å²) in [6, 6.07) is 3.66. The van der Waals surface area contributed by atoms with E-state index in [4.69, 9.17) is 5.73 Å². The molecular weight excluding hydrogens is 288 g/mol. The van der Waals surface area contributed by atoms with Crippen LogP contribution < -0.4 is 10.6 Å². The van der Waals surface area contributed by atoms with Gasteiger partial charge >= 0.3 is 0 Å². The molecular formula is C18H24N4O. The SMILES string of the molecule is NC(=O)c1ccc(N2CCN(C[C@@H]3C[C@@H]4C=C[C@@H]3C4)CC2)nc1. The van der Waals surface area contributed by atoms with E-state index in [0.717, 1.165) is 49.8 Å². The van der Waals surface area contributed by atoms with Crippen LogP contribution in [0.1, 0.15) is 23.2 Å². The summed E-state index contributed by atoms with van der Waals surface area (Å²) in [7, 11) is 0. The van der Waals surface area contributed by atoms with Crippen LogP contribution in [0, 0.1) is 17.8 Å². The standard InChI is InChI=1S/C18H24N4O/c19-18(23)15-3-4-17(20-11-15)22-7-5-21(6-8-22)12-16-10-13-1-2-14(16)9-13/h1-4,11,13-14,16H,5-10,12H2,(H2,19,23)/t13-,14-,16+/m1/s1. The Kier molecular flexibility index (Phi) is 3.81. The summed E-state index contributed by atoms with van der Waals surface area (Å²) >= 11 is 0. The lowest BCUT2D eigenvalue weighted by Gasteiger charge is -2.37. The van der Waals surface area contributed by atoms with E-state index < -0.39 is 5.91 Å². The van der Waals surface area contributed by atoms with Gasteiger partial charge in [-0.3, -0.25) is 9.69 Å². The molecule has 2 fully saturated rings. The lowest BCUT2D eigenvalue weighted by molar-refractivity contribution is 0.1000. The highest BCUT2D eigenvalue weighted by molar-refractivity contribution is 5.92. The molecule has 1 aliphatic heterocycles. The summed E-state index contributed by atoms with van der Waals surface area (Å²) in [6.07, 6.45) is 9.21. The largest absolute Gasteiger partial charge is 0.366 e. The first kappa shape index (κ1) is 14.7. The number of amides is 1. The summed E-state index contributed by atoms with van der Waals surface area (Å²) in [5, 5.41) is 0. The molecule has 0 aromatic carbocycles. The van der Waals surface area contributed by atoms with Gasteiger partial charge in [0, 0.05) is 38.9 Å². The van der Waals surface area contributed by atoms with Crippen molar-refractivity contribution in [1.29, 1.82) is 0 Å². The Labute approximate surface area is 137 Å². The van der Waals surface area contributed by atoms with Gasteiger partial charge in [0.1, 0.15) is 5.82 Å². The van der Waals surface area contributed by atoms with Gasteiger partial charge in [0.05, 0.1) is 5.56 Å². The molecule has 122 valence electrons. The molecule has 2 heterocycles. The molecule has 5 heteroatoms. The van der Waals surface area contributed by atoms with Gasteiger partial charge < -0.3 is 10.6 Å². The molecule has 1 aromatic rings. The molecule has 2 bridgehead atoms. The Balaban J connectivity index is 1.30. The van der Waals surface area contributed by atoms with Crippen molar-refractivity contribution in [2.75, 3.05) is 37.6 Å². The molecule has 1 aromatic heterocycles. The number of hydrogen-bond acceptors (Lipinski definition) is 4. The quantitative estimate of drug-likeness (QED) is 0.856. The number of carbonyl (C=O) groups excluding carboxylic acids is 1. The first-order valence-corrected chi connectivity index (χ1v) is 8.60. The van der Waals surface area contributed by atoms with E-state index in [1.807, 2.05) is 6.07 Å². The fourth-order valence-electron chi connectivity index (χ4n) is 4.31. The van der Waals surface area contributed by atoms with Crippen LogP contribution in [-0.4, -0.2) is 48.5 Å². The van der Waals surface area contributed by atoms with Crippen LogP contribution in [0.4, 0.5) is 5.82 Å². The van der Waals surface area contributed by atoms with E-state index in [2.05, 4.69) is 26.9 Å². The minimum atomic E-state index is -0.422. The third kappa shape index (κ3) is 2.98. The van der Waals surface area contributed by atoms with Crippen LogP contribution >= 0.6 is 0 Å². The number of carbonyl (C=O) groups is 1. The average molecular weight is 312 g/mol. The number of aromatic nitrogens is 1. The average Bonchev–Trinajstić information content (AvgIpc) is 3.18. The normalized spacial score (nSPS) is 30.1. The van der Waals surface area contributed by atoms with E-state index in [1.165, 1.54) is 19.4 Å². The number of primary amides is 1. The van der Waals surface area contributed by atoms with Crippen molar-refractivity contribution in [3.8, 4) is 0 Å². The highest BCUT2D eigenvalue weighted by atomic mass is 16.1. The number of nitrogens with zero attached hydrogens (tertiary/aromatic N) is 3. The highest BCUT2D eigenvalue weighted by Gasteiger charge is 2.36. The number of anilines is 1. The number of piperazine rings is 1. The maximum Gasteiger partial charge on any atom is 0.250 e. The monoisotopic (exact) mass is 312 g/mol. The number of hydrogen-bond donors (Lipinski definition) is 1. The molecule has 5 nitrogen and oxygen atoms in total. The minimum Gasteiger partial charge on any atom is -0.366 e. The third-order valence-corrected chi connectivity index (χ3v) is 5.64. The van der Waals surface area contributed by atoms with Crippen molar-refractivity contribution >= 4 is 11.7 Å². The first-order valence-electron chi connectivity index (χ1n) is 8.60. The molecule has 0 radical (unpaired) electrons. The molecule has 23 heavy (non-hydrogen) atoms. The Morgan fingerprint density at radius 2 is 2.00 bits per heavy atom. The number of allylic oxidation sites excluding steroid dienone is 2. The van der Waals surface area contributed by atoms with Gasteiger partial charge in [-0.25, -0.2) is 4.98 Å². The molecule has 2 aliphatic carbocycles. The second kappa shape index (κ2) is 5.96. The second-order valence-corrected chi connectivity index (χ2v) is 7.10. The summed E-state index contributed by atoms with van der Waals surface area (Å²) in [5.74, 6) is 3.08. The van der Waals surface area contributed by atoms with Gasteiger partial charge in [0.25, 0.3) is 0 Å². The molecule has 3 atom stereocenters. The first-order chi connectivity index (χ1) is 11.2. The number of pyridine rings is 1. The zero-order valence-corrected chi connectivity index (χ0v) is 13.4. The zero-order valence-electron chi connectivity index (χ0n) is 13.4. The molecule has 0 unspecified atom stereocenters. The minimum absolute atomic E-state index is 0.422. The van der Waals surface area contributed by atoms with Crippen molar-refractivity contribution in [2.45, 2.75) is 12.8 Å². The zero-order chi connectivity index (χ0) is 15.8. The van der Waals surface area contributed by atoms with Gasteiger partial charge in [-0.15, -0.1) is 0 Å². The van der Waals surface area contributed by atoms with Gasteiger partial charge in [0.15, 0.2) is 0 Å². The summed E-state index contributed by atoms with van der Waals surface area (Å²) in [4.78, 5) is 20.4. The number of nitrogens with two attached hydrogens (primary N) is 1. The Hall–Kier alpha value is -1.88.